The van der Waals surface area contributed by atoms with Gasteiger partial charge >= 0.3 is 5.97 Å². The van der Waals surface area contributed by atoms with E-state index in [1.54, 1.807) is 69.2 Å². The Morgan fingerprint density at radius 1 is 0.530 bits per heavy atom. The Labute approximate surface area is 599 Å². The number of hydrogen-bond donors (Lipinski definition) is 3. The predicted molar refractivity (Wildman–Crippen MR) is 384 cm³/mol. The molecule has 2 heterocycles. The van der Waals surface area contributed by atoms with Gasteiger partial charge in [0.1, 0.15) is 48.3 Å². The fourth-order valence-corrected chi connectivity index (χ4v) is 13.4. The van der Waals surface area contributed by atoms with Gasteiger partial charge in [-0.3, -0.25) is 62.4 Å². The first kappa shape index (κ1) is 90.0. The van der Waals surface area contributed by atoms with Crippen molar-refractivity contribution in [1.29, 1.82) is 0 Å². The first-order valence-corrected chi connectivity index (χ1v) is 36.8. The van der Waals surface area contributed by atoms with E-state index >= 15 is 33.6 Å². The minimum atomic E-state index is -1.72. The molecule has 0 aromatic carbocycles. The fraction of sp³-hybridized carbons (Fsp3) is 0.838. The number of Topliss-reactive ketones (excluding diaryl/α,β-unsaturated/α-hetero) is 2. The summed E-state index contributed by atoms with van der Waals surface area (Å²) in [5, 5.41) is 18.0. The van der Waals surface area contributed by atoms with Crippen LogP contribution in [0.25, 0.3) is 0 Å². The fourth-order valence-electron chi connectivity index (χ4n) is 13.4. The molecule has 0 spiro atoms. The second-order valence-electron chi connectivity index (χ2n) is 30.8. The molecule has 0 bridgehead atoms. The van der Waals surface area contributed by atoms with Crippen LogP contribution in [-0.4, -0.2) is 276 Å². The molecule has 0 unspecified atom stereocenters. The van der Waals surface area contributed by atoms with Crippen molar-refractivity contribution in [2.75, 3.05) is 88.8 Å². The number of aliphatic hydroxyl groups excluding tert-OH is 1. The smallest absolute Gasteiger partial charge is 0.306 e. The Bertz CT molecular complexity index is 2700. The number of ether oxygens (including phenoxy) is 3. The lowest BCUT2D eigenvalue weighted by Gasteiger charge is -2.41. The maximum atomic E-state index is 15.4. The molecule has 2 rings (SSSR count). The summed E-state index contributed by atoms with van der Waals surface area (Å²) in [7, 11) is 9.97. The van der Waals surface area contributed by atoms with Crippen molar-refractivity contribution < 1.29 is 76.9 Å². The zero-order valence-electron chi connectivity index (χ0n) is 65.7. The monoisotopic (exact) mass is 1420 g/mol. The summed E-state index contributed by atoms with van der Waals surface area (Å²) < 4.78 is 17.3. The normalized spacial score (nSPS) is 26.9. The van der Waals surface area contributed by atoms with E-state index in [0.717, 1.165) is 35.9 Å². The van der Waals surface area contributed by atoms with Gasteiger partial charge in [-0.15, -0.1) is 0 Å². The molecule has 26 nitrogen and oxygen atoms in total. The van der Waals surface area contributed by atoms with E-state index in [-0.39, 0.29) is 88.3 Å². The number of likely N-dealkylation sites (N-methyl/N-ethyl adjacent to an activating group) is 7. The van der Waals surface area contributed by atoms with Crippen molar-refractivity contribution in [1.82, 2.24) is 49.8 Å². The van der Waals surface area contributed by atoms with Gasteiger partial charge in [0.2, 0.25) is 53.2 Å². The summed E-state index contributed by atoms with van der Waals surface area (Å²) >= 11 is 0. The van der Waals surface area contributed by atoms with Crippen LogP contribution in [0.1, 0.15) is 195 Å². The topological polar surface area (TPSA) is 303 Å². The Kier molecular flexibility index (Phi) is 38.2. The number of amides is 9. The van der Waals surface area contributed by atoms with Gasteiger partial charge < -0.3 is 64.3 Å². The Morgan fingerprint density at radius 2 is 1.03 bits per heavy atom. The molecule has 0 aliphatic carbocycles. The number of rotatable bonds is 23. The molecule has 9 amide bonds. The van der Waals surface area contributed by atoms with E-state index in [9.17, 15) is 29.1 Å². The summed E-state index contributed by atoms with van der Waals surface area (Å²) in [6.07, 6.45) is -1.36. The van der Waals surface area contributed by atoms with Crippen LogP contribution in [0.3, 0.4) is 0 Å². The van der Waals surface area contributed by atoms with Gasteiger partial charge in [-0.05, 0) is 128 Å². The quantitative estimate of drug-likeness (QED) is 0.0844. The number of ketones is 2. The number of aliphatic hydroxyl groups is 1. The number of nitrogens with one attached hydrogen (secondary N) is 2. The largest absolute Gasteiger partial charge is 0.463 e. The second kappa shape index (κ2) is 42.5. The molecule has 0 aromatic rings. The van der Waals surface area contributed by atoms with Gasteiger partial charge in [0.05, 0.1) is 37.6 Å². The highest BCUT2D eigenvalue weighted by atomic mass is 16.5. The van der Waals surface area contributed by atoms with E-state index in [0.29, 0.717) is 19.6 Å². The maximum absolute atomic E-state index is 15.4. The van der Waals surface area contributed by atoms with Crippen molar-refractivity contribution >= 4 is 70.7 Å². The Hall–Kier alpha value is -6.12. The van der Waals surface area contributed by atoms with E-state index < -0.39 is 167 Å². The van der Waals surface area contributed by atoms with Crippen molar-refractivity contribution in [2.24, 2.45) is 47.3 Å². The molecular weight excluding hydrogens is 1280 g/mol. The van der Waals surface area contributed by atoms with Gasteiger partial charge in [0.25, 0.3) is 0 Å². The van der Waals surface area contributed by atoms with Crippen LogP contribution in [0, 0.1) is 47.3 Å². The third-order valence-corrected chi connectivity index (χ3v) is 19.9. The van der Waals surface area contributed by atoms with E-state index in [1.165, 1.54) is 87.7 Å². The number of carbonyl (C=O) groups is 12. The van der Waals surface area contributed by atoms with Gasteiger partial charge in [0, 0.05) is 100 Å². The molecule has 0 aromatic heterocycles. The molecule has 100 heavy (non-hydrogen) atoms. The molecule has 2 aliphatic heterocycles. The SMILES string of the molecule is CC[C@@H]1NC(=O)[C@H]([C@H](O)[C@H](C)CCCC(=O)OC(C)C)N(C)C(=O)[C@H](C(C)C)N(C)C(=O)[C@H](CC(C)C)N(C)C(=O)[C@H](CC(C)C)N(C)C(=O)[C@@H](C)NC(=O)[C@H](C)CC(=O)[C@H](CC(C)C)N(C)C(=O)[C@H](C(C)C)CC(=O)[C@H]([C@@H](C)OCCCCN2CCOCC2)N(C)C(=O)[C@@H](C)N(C)C1=O. The van der Waals surface area contributed by atoms with Crippen LogP contribution in [-0.2, 0) is 71.7 Å². The summed E-state index contributed by atoms with van der Waals surface area (Å²) in [5.74, 6) is -11.9. The van der Waals surface area contributed by atoms with Crippen LogP contribution < -0.4 is 10.6 Å². The zero-order chi connectivity index (χ0) is 76.7. The predicted octanol–water partition coefficient (Wildman–Crippen LogP) is 5.47. The van der Waals surface area contributed by atoms with E-state index in [2.05, 4.69) is 15.5 Å². The highest BCUT2D eigenvalue weighted by Crippen LogP contribution is 2.29. The van der Waals surface area contributed by atoms with Gasteiger partial charge in [0.15, 0.2) is 11.6 Å². The minimum Gasteiger partial charge on any atom is -0.463 e. The first-order chi connectivity index (χ1) is 46.5. The Morgan fingerprint density at radius 3 is 1.54 bits per heavy atom. The number of unbranched alkanes of at least 4 members (excludes halogenated alkanes) is 1. The number of hydrogen-bond acceptors (Lipinski definition) is 17. The zero-order valence-corrected chi connectivity index (χ0v) is 65.7. The summed E-state index contributed by atoms with van der Waals surface area (Å²) in [6, 6.07) is -11.6. The lowest BCUT2D eigenvalue weighted by molar-refractivity contribution is -0.157. The number of nitrogens with zero attached hydrogens (tertiary/aromatic N) is 8. The van der Waals surface area contributed by atoms with Gasteiger partial charge in [-0.1, -0.05) is 90.0 Å². The molecule has 2 aliphatic rings. The minimum absolute atomic E-state index is 0.00153. The van der Waals surface area contributed by atoms with Crippen molar-refractivity contribution in [3.8, 4) is 0 Å². The molecule has 2 saturated heterocycles. The van der Waals surface area contributed by atoms with Crippen molar-refractivity contribution in [2.45, 2.75) is 268 Å². The number of carbonyl (C=O) groups excluding carboxylic acids is 12. The molecule has 26 heteroatoms. The average molecular weight is 1420 g/mol. The molecule has 14 atom stereocenters. The molecule has 0 radical (unpaired) electrons. The van der Waals surface area contributed by atoms with Gasteiger partial charge in [-0.2, -0.15) is 0 Å². The van der Waals surface area contributed by atoms with Crippen LogP contribution in [0.4, 0.5) is 0 Å². The highest BCUT2D eigenvalue weighted by molar-refractivity contribution is 6.00. The third kappa shape index (κ3) is 26.3. The Balaban J connectivity index is 3.03. The molecular formula is C74H132N10O16. The molecule has 3 N–H and O–H groups in total. The van der Waals surface area contributed by atoms with Crippen LogP contribution >= 0.6 is 0 Å². The standard InChI is InChI=1S/C74H132N10O16/c1-26-55-71(94)77(19)52(17)69(92)82(24)63(53(18)99-35-28-27-32-84-33-36-98-37-34-84)60(86)42-54(46(8)9)70(93)78(20)56(38-43(2)3)59(85)41-50(15)66(89)75-51(16)68(91)79(21)57(39-44(4)5)72(95)80(22)58(40-45(6)7)73(96)81(23)62(47(10)11)74(97)83(25)64(67(90)76-55)65(88)49(14)30-29-31-61(87)100-48(12)13/h43-58,62-65,88H,26-42H2,1-25H3,(H,75,89)(H,76,90)/t49-,50-,51-,52-,53-,54+,55+,56+,57+,58+,62+,63+,64+,65-/m1/s1. The lowest BCUT2D eigenvalue weighted by atomic mass is 9.85. The van der Waals surface area contributed by atoms with Gasteiger partial charge in [-0.25, -0.2) is 0 Å². The highest BCUT2D eigenvalue weighted by Gasteiger charge is 2.47. The lowest BCUT2D eigenvalue weighted by Crippen LogP contribution is -2.64. The second-order valence-corrected chi connectivity index (χ2v) is 30.8. The number of esters is 1. The number of morpholine rings is 1. The first-order valence-electron chi connectivity index (χ1n) is 36.8. The summed E-state index contributed by atoms with van der Waals surface area (Å²) in [5.41, 5.74) is 0. The average Bonchev–Trinajstić information content (AvgIpc) is 0.806. The molecule has 574 valence electrons. The van der Waals surface area contributed by atoms with Crippen LogP contribution in [0.15, 0.2) is 0 Å². The third-order valence-electron chi connectivity index (χ3n) is 19.9. The van der Waals surface area contributed by atoms with E-state index in [4.69, 9.17) is 14.2 Å². The van der Waals surface area contributed by atoms with Crippen LogP contribution in [0.2, 0.25) is 0 Å². The van der Waals surface area contributed by atoms with E-state index in [1.807, 2.05) is 41.5 Å². The molecule has 0 saturated carbocycles. The summed E-state index contributed by atoms with van der Waals surface area (Å²) in [6.45, 7) is 35.1. The molecule has 2 fully saturated rings. The van der Waals surface area contributed by atoms with Crippen LogP contribution in [0.5, 0.6) is 0 Å². The summed E-state index contributed by atoms with van der Waals surface area (Å²) in [4.78, 5) is 188. The van der Waals surface area contributed by atoms with Crippen molar-refractivity contribution in [3.63, 3.8) is 0 Å². The van der Waals surface area contributed by atoms with Crippen molar-refractivity contribution in [3.05, 3.63) is 0 Å². The maximum Gasteiger partial charge on any atom is 0.306 e.